The average molecular weight is 470 g/mol. The fourth-order valence-electron chi connectivity index (χ4n) is 4.79. The topological polar surface area (TPSA) is 53.4 Å². The number of nitrogens with one attached hydrogen (secondary N) is 1. The number of amides is 1. The number of alkyl halides is 3. The number of fused-ring (bicyclic) bond motifs is 2. The molecule has 0 saturated carbocycles. The van der Waals surface area contributed by atoms with Crippen LogP contribution in [0.25, 0.3) is 0 Å². The number of carbonyl (C=O) groups excluding carboxylic acids is 1. The normalized spacial score (nSPS) is 16.5. The molecule has 0 radical (unpaired) electrons. The van der Waals surface area contributed by atoms with E-state index in [-0.39, 0.29) is 11.8 Å². The Balaban J connectivity index is 1.33. The smallest absolute Gasteiger partial charge is 0.371 e. The lowest BCUT2D eigenvalue weighted by molar-refractivity contribution is -0.137. The highest BCUT2D eigenvalue weighted by molar-refractivity contribution is 5.99. The number of hydrogen-bond donors (Lipinski definition) is 1. The number of nitrogens with zero attached hydrogens (tertiary/aromatic N) is 4. The van der Waals surface area contributed by atoms with Crippen molar-refractivity contribution in [2.45, 2.75) is 32.5 Å². The molecule has 1 aromatic heterocycles. The Morgan fingerprint density at radius 3 is 2.47 bits per heavy atom. The first-order valence-corrected chi connectivity index (χ1v) is 11.3. The van der Waals surface area contributed by atoms with Gasteiger partial charge in [0.1, 0.15) is 5.82 Å². The van der Waals surface area contributed by atoms with E-state index >= 15 is 0 Å². The minimum atomic E-state index is -4.34. The summed E-state index contributed by atoms with van der Waals surface area (Å²) in [6, 6.07) is 11.3. The maximum absolute atomic E-state index is 13.7. The first-order valence-electron chi connectivity index (χ1n) is 11.3. The molecule has 2 aromatic carbocycles. The van der Waals surface area contributed by atoms with E-state index in [2.05, 4.69) is 10.4 Å². The second-order valence-corrected chi connectivity index (χ2v) is 9.02. The predicted octanol–water partition coefficient (Wildman–Crippen LogP) is 5.25. The second kappa shape index (κ2) is 8.38. The summed E-state index contributed by atoms with van der Waals surface area (Å²) in [5, 5.41) is 7.79. The fourth-order valence-corrected chi connectivity index (χ4v) is 4.79. The third-order valence-corrected chi connectivity index (χ3v) is 6.71. The lowest BCUT2D eigenvalue weighted by Crippen LogP contribution is -2.42. The van der Waals surface area contributed by atoms with Crippen LogP contribution in [0.4, 0.5) is 36.1 Å². The molecule has 0 atom stereocenters. The molecule has 0 aliphatic carbocycles. The minimum Gasteiger partial charge on any atom is -0.371 e. The molecule has 0 bridgehead atoms. The van der Waals surface area contributed by atoms with Crippen LogP contribution in [0.5, 0.6) is 0 Å². The summed E-state index contributed by atoms with van der Waals surface area (Å²) in [5.74, 6) is 0.785. The Morgan fingerprint density at radius 2 is 1.79 bits per heavy atom. The summed E-state index contributed by atoms with van der Waals surface area (Å²) in [7, 11) is 1.87. The maximum Gasteiger partial charge on any atom is 0.416 e. The molecule has 5 rings (SSSR count). The molecule has 178 valence electrons. The summed E-state index contributed by atoms with van der Waals surface area (Å²) in [5.41, 5.74) is 3.86. The van der Waals surface area contributed by atoms with Gasteiger partial charge in [-0.1, -0.05) is 6.07 Å². The van der Waals surface area contributed by atoms with Gasteiger partial charge < -0.3 is 15.1 Å². The van der Waals surface area contributed by atoms with Gasteiger partial charge in [-0.3, -0.25) is 9.48 Å². The summed E-state index contributed by atoms with van der Waals surface area (Å²) >= 11 is 0. The van der Waals surface area contributed by atoms with Gasteiger partial charge in [0.15, 0.2) is 0 Å². The van der Waals surface area contributed by atoms with Crippen molar-refractivity contribution in [1.29, 1.82) is 0 Å². The summed E-state index contributed by atoms with van der Waals surface area (Å²) in [4.78, 5) is 17.6. The number of hydrogen-bond acceptors (Lipinski definition) is 4. The number of carbonyl (C=O) groups is 1. The number of halogens is 3. The summed E-state index contributed by atoms with van der Waals surface area (Å²) < 4.78 is 40.4. The van der Waals surface area contributed by atoms with Crippen molar-refractivity contribution < 1.29 is 18.0 Å². The SMILES string of the molecule is Cc1ccc2c(c1)Nc1c(cnn1C)CN2C(=O)C1CCN(c2ccc(C(F)(F)F)cc2)CC1. The zero-order valence-corrected chi connectivity index (χ0v) is 19.1. The number of benzene rings is 2. The number of aryl methyl sites for hydroxylation is 2. The number of aromatic nitrogens is 2. The molecule has 34 heavy (non-hydrogen) atoms. The van der Waals surface area contributed by atoms with Crippen molar-refractivity contribution in [3.63, 3.8) is 0 Å². The Morgan fingerprint density at radius 1 is 1.09 bits per heavy atom. The molecule has 1 N–H and O–H groups in total. The largest absolute Gasteiger partial charge is 0.416 e. The monoisotopic (exact) mass is 469 g/mol. The van der Waals surface area contributed by atoms with Gasteiger partial charge in [0.25, 0.3) is 0 Å². The summed E-state index contributed by atoms with van der Waals surface area (Å²) in [6.45, 7) is 3.68. The molecule has 3 aromatic rings. The average Bonchev–Trinajstić information content (AvgIpc) is 3.07. The second-order valence-electron chi connectivity index (χ2n) is 9.02. The van der Waals surface area contributed by atoms with Crippen molar-refractivity contribution in [2.75, 3.05) is 28.2 Å². The van der Waals surface area contributed by atoms with Crippen LogP contribution in [-0.2, 0) is 24.6 Å². The first kappa shape index (κ1) is 22.3. The third-order valence-electron chi connectivity index (χ3n) is 6.71. The van der Waals surface area contributed by atoms with Gasteiger partial charge >= 0.3 is 6.18 Å². The lowest BCUT2D eigenvalue weighted by Gasteiger charge is -2.35. The Labute approximate surface area is 196 Å². The van der Waals surface area contributed by atoms with Crippen LogP contribution in [0.15, 0.2) is 48.7 Å². The van der Waals surface area contributed by atoms with Crippen molar-refractivity contribution in [3.05, 3.63) is 65.4 Å². The molecule has 1 fully saturated rings. The fraction of sp³-hybridized carbons (Fsp3) is 0.360. The van der Waals surface area contributed by atoms with E-state index in [9.17, 15) is 18.0 Å². The zero-order chi connectivity index (χ0) is 24.0. The summed E-state index contributed by atoms with van der Waals surface area (Å²) in [6.07, 6.45) is -1.27. The highest BCUT2D eigenvalue weighted by atomic mass is 19.4. The van der Waals surface area contributed by atoms with Crippen molar-refractivity contribution in [1.82, 2.24) is 9.78 Å². The molecule has 0 unspecified atom stereocenters. The van der Waals surface area contributed by atoms with Crippen LogP contribution >= 0.6 is 0 Å². The van der Waals surface area contributed by atoms with Crippen LogP contribution in [-0.4, -0.2) is 28.8 Å². The number of anilines is 4. The van der Waals surface area contributed by atoms with Gasteiger partial charge in [-0.05, 0) is 61.7 Å². The Hall–Kier alpha value is -3.49. The van der Waals surface area contributed by atoms with Gasteiger partial charge in [-0.25, -0.2) is 0 Å². The Kier molecular flexibility index (Phi) is 5.50. The van der Waals surface area contributed by atoms with Gasteiger partial charge in [0.2, 0.25) is 5.91 Å². The van der Waals surface area contributed by atoms with Gasteiger partial charge in [-0.15, -0.1) is 0 Å². The molecule has 6 nitrogen and oxygen atoms in total. The molecular weight excluding hydrogens is 443 g/mol. The minimum absolute atomic E-state index is 0.0654. The van der Waals surface area contributed by atoms with Crippen LogP contribution in [0.3, 0.4) is 0 Å². The number of piperidine rings is 1. The lowest BCUT2D eigenvalue weighted by atomic mass is 9.94. The molecule has 1 amide bonds. The van der Waals surface area contributed by atoms with Gasteiger partial charge in [-0.2, -0.15) is 18.3 Å². The van der Waals surface area contributed by atoms with Crippen molar-refractivity contribution in [3.8, 4) is 0 Å². The maximum atomic E-state index is 13.7. The van der Waals surface area contributed by atoms with Gasteiger partial charge in [0.05, 0.1) is 29.7 Å². The Bertz CT molecular complexity index is 1210. The van der Waals surface area contributed by atoms with E-state index in [0.29, 0.717) is 32.5 Å². The molecule has 0 spiro atoms. The predicted molar refractivity (Wildman–Crippen MR) is 125 cm³/mol. The van der Waals surface area contributed by atoms with Crippen LogP contribution < -0.4 is 15.1 Å². The highest BCUT2D eigenvalue weighted by Crippen LogP contribution is 2.38. The molecule has 2 aliphatic rings. The van der Waals surface area contributed by atoms with E-state index in [0.717, 1.165) is 46.1 Å². The first-order chi connectivity index (χ1) is 16.2. The number of rotatable bonds is 2. The molecule has 1 saturated heterocycles. The van der Waals surface area contributed by atoms with Gasteiger partial charge in [0, 0.05) is 37.3 Å². The van der Waals surface area contributed by atoms with E-state index in [4.69, 9.17) is 0 Å². The zero-order valence-electron chi connectivity index (χ0n) is 19.1. The van der Waals surface area contributed by atoms with E-state index in [1.807, 2.05) is 42.0 Å². The van der Waals surface area contributed by atoms with E-state index in [1.165, 1.54) is 12.1 Å². The third kappa shape index (κ3) is 4.10. The molecule has 2 aliphatic heterocycles. The molecule has 3 heterocycles. The molecule has 9 heteroatoms. The van der Waals surface area contributed by atoms with E-state index in [1.54, 1.807) is 10.9 Å². The highest BCUT2D eigenvalue weighted by Gasteiger charge is 2.34. The van der Waals surface area contributed by atoms with Crippen molar-refractivity contribution >= 4 is 28.8 Å². The van der Waals surface area contributed by atoms with Crippen LogP contribution in [0, 0.1) is 12.8 Å². The standard InChI is InChI=1S/C25H26F3N5O/c1-16-3-8-22-21(13-16)30-23-18(14-29-31(23)2)15-33(22)24(34)17-9-11-32(12-10-17)20-6-4-19(5-7-20)25(26,27)28/h3-8,13-14,17,30H,9-12,15H2,1-2H3. The quantitative estimate of drug-likeness (QED) is 0.557. The van der Waals surface area contributed by atoms with E-state index < -0.39 is 11.7 Å². The van der Waals surface area contributed by atoms with Crippen LogP contribution in [0.2, 0.25) is 0 Å². The molecular formula is C25H26F3N5O. The van der Waals surface area contributed by atoms with Crippen LogP contribution in [0.1, 0.15) is 29.5 Å². The van der Waals surface area contributed by atoms with Crippen molar-refractivity contribution in [2.24, 2.45) is 13.0 Å².